The van der Waals surface area contributed by atoms with Crippen molar-refractivity contribution < 1.29 is 5.41 Å². The zero-order chi connectivity index (χ0) is 10.9. The van der Waals surface area contributed by atoms with Crippen LogP contribution in [0.5, 0.6) is 0 Å². The van der Waals surface area contributed by atoms with Crippen molar-refractivity contribution >= 4 is 11.8 Å². The van der Waals surface area contributed by atoms with Gasteiger partial charge in [-0.25, -0.2) is 0 Å². The Morgan fingerprint density at radius 3 is 2.20 bits per heavy atom. The molecule has 84 valence electrons. The van der Waals surface area contributed by atoms with Crippen molar-refractivity contribution in [1.29, 1.82) is 0 Å². The maximum Gasteiger partial charge on any atom is 0.448 e. The highest BCUT2D eigenvalue weighted by molar-refractivity contribution is 5.98. The Kier molecular flexibility index (Phi) is 5.81. The van der Waals surface area contributed by atoms with Gasteiger partial charge in [-0.2, -0.15) is 0 Å². The van der Waals surface area contributed by atoms with E-state index in [1.54, 1.807) is 0 Å². The van der Waals surface area contributed by atoms with Gasteiger partial charge in [0.05, 0.1) is 5.11 Å². The summed E-state index contributed by atoms with van der Waals surface area (Å²) in [6.45, 7) is 2.24. The first-order valence-electron chi connectivity index (χ1n) is 5.94. The van der Waals surface area contributed by atoms with Crippen LogP contribution in [-0.4, -0.2) is 11.8 Å². The van der Waals surface area contributed by atoms with Crippen LogP contribution in [0.3, 0.4) is 0 Å². The molecule has 0 bridgehead atoms. The first-order chi connectivity index (χ1) is 7.33. The Bertz CT molecular complexity index is 255. The Morgan fingerprint density at radius 2 is 1.60 bits per heavy atom. The number of azo groups is 1. The van der Waals surface area contributed by atoms with E-state index in [1.165, 1.54) is 38.5 Å². The normalized spacial score (nSPS) is 14.7. The van der Waals surface area contributed by atoms with Crippen molar-refractivity contribution in [2.24, 2.45) is 15.2 Å². The summed E-state index contributed by atoms with van der Waals surface area (Å²) in [6, 6.07) is 0. The zero-order valence-electron chi connectivity index (χ0n) is 9.58. The fourth-order valence-electron chi connectivity index (χ4n) is 1.63. The smallest absolute Gasteiger partial charge is 0.283 e. The lowest BCUT2D eigenvalue weighted by molar-refractivity contribution is -0.116. The highest BCUT2D eigenvalue weighted by Crippen LogP contribution is 2.10. The number of rotatable bonds is 8. The summed E-state index contributed by atoms with van der Waals surface area (Å²) >= 11 is 0. The first kappa shape index (κ1) is 12.0. The van der Waals surface area contributed by atoms with Crippen molar-refractivity contribution in [2.75, 3.05) is 0 Å². The molecule has 0 aromatic heterocycles. The second kappa shape index (κ2) is 7.26. The number of guanidine groups is 1. The van der Waals surface area contributed by atoms with Gasteiger partial charge < -0.3 is 0 Å². The molecule has 0 aliphatic carbocycles. The van der Waals surface area contributed by atoms with Gasteiger partial charge in [-0.3, -0.25) is 5.41 Å². The summed E-state index contributed by atoms with van der Waals surface area (Å²) in [5, 5.41) is 12.9. The van der Waals surface area contributed by atoms with E-state index in [0.717, 1.165) is 18.7 Å². The van der Waals surface area contributed by atoms with Gasteiger partial charge in [0, 0.05) is 6.42 Å². The maximum atomic E-state index is 5.38. The van der Waals surface area contributed by atoms with Crippen LogP contribution in [0, 0.1) is 0 Å². The molecule has 0 aromatic rings. The molecule has 2 N–H and O–H groups in total. The number of amidine groups is 1. The topological polar surface area (TPSA) is 62.7 Å². The Balaban J connectivity index is 1.91. The fourth-order valence-corrected chi connectivity index (χ4v) is 1.63. The van der Waals surface area contributed by atoms with Gasteiger partial charge in [0.25, 0.3) is 0 Å². The van der Waals surface area contributed by atoms with Crippen LogP contribution >= 0.6 is 0 Å². The molecule has 0 unspecified atom stereocenters. The number of aliphatic imine (C=N–C) groups is 1. The Hall–Kier alpha value is -1.06. The van der Waals surface area contributed by atoms with Crippen LogP contribution in [0.2, 0.25) is 0 Å². The predicted molar refractivity (Wildman–Crippen MR) is 61.8 cm³/mol. The van der Waals surface area contributed by atoms with Crippen molar-refractivity contribution in [1.82, 2.24) is 0 Å². The molecule has 0 aromatic carbocycles. The molecule has 1 aliphatic rings. The lowest BCUT2D eigenvalue weighted by Gasteiger charge is -1.98. The van der Waals surface area contributed by atoms with Gasteiger partial charge in [0.1, 0.15) is 0 Å². The molecule has 1 aliphatic heterocycles. The van der Waals surface area contributed by atoms with E-state index in [-0.39, 0.29) is 0 Å². The molecule has 0 radical (unpaired) electrons. The van der Waals surface area contributed by atoms with Gasteiger partial charge in [0.2, 0.25) is 5.84 Å². The minimum atomic E-state index is 0.299. The summed E-state index contributed by atoms with van der Waals surface area (Å²) in [5.41, 5.74) is 0. The van der Waals surface area contributed by atoms with Crippen LogP contribution in [-0.2, 0) is 0 Å². The molecule has 0 saturated heterocycles. The maximum absolute atomic E-state index is 5.38. The molecule has 0 atom stereocenters. The third kappa shape index (κ3) is 5.40. The van der Waals surface area contributed by atoms with Crippen LogP contribution in [0.1, 0.15) is 58.3 Å². The summed E-state index contributed by atoms with van der Waals surface area (Å²) in [7, 11) is 0. The molecule has 4 heteroatoms. The standard InChI is InChI=1S/C11H20N4/c1-2-3-4-5-6-7-8-9-10-13-11(12)15-14-10/h12H,2-9H2,1H3/p+1. The van der Waals surface area contributed by atoms with E-state index in [2.05, 4.69) is 22.1 Å². The third-order valence-corrected chi connectivity index (χ3v) is 2.52. The van der Waals surface area contributed by atoms with E-state index >= 15 is 0 Å². The number of unbranched alkanes of at least 4 members (excludes halogenated alkanes) is 6. The van der Waals surface area contributed by atoms with Crippen molar-refractivity contribution in [3.8, 4) is 0 Å². The van der Waals surface area contributed by atoms with Crippen molar-refractivity contribution in [2.45, 2.75) is 58.3 Å². The number of nitrogens with zero attached hydrogens (tertiary/aromatic N) is 3. The molecule has 0 fully saturated rings. The summed E-state index contributed by atoms with van der Waals surface area (Å²) < 4.78 is 0. The lowest BCUT2D eigenvalue weighted by atomic mass is 10.1. The van der Waals surface area contributed by atoms with Gasteiger partial charge in [-0.15, -0.1) is 0 Å². The molecule has 4 nitrogen and oxygen atoms in total. The van der Waals surface area contributed by atoms with E-state index in [0.29, 0.717) is 5.96 Å². The monoisotopic (exact) mass is 209 g/mol. The third-order valence-electron chi connectivity index (χ3n) is 2.52. The molecule has 0 saturated carbocycles. The second-order valence-corrected chi connectivity index (χ2v) is 3.96. The van der Waals surface area contributed by atoms with Crippen LogP contribution < -0.4 is 5.41 Å². The van der Waals surface area contributed by atoms with Crippen LogP contribution in [0.25, 0.3) is 0 Å². The van der Waals surface area contributed by atoms with Crippen LogP contribution in [0.15, 0.2) is 15.2 Å². The fraction of sp³-hybridized carbons (Fsp3) is 0.818. The Morgan fingerprint density at radius 1 is 0.933 bits per heavy atom. The quantitative estimate of drug-likeness (QED) is 0.595. The van der Waals surface area contributed by atoms with E-state index < -0.39 is 0 Å². The number of hydrogen-bond donors (Lipinski definition) is 1. The highest BCUT2D eigenvalue weighted by Gasteiger charge is 2.15. The first-order valence-corrected chi connectivity index (χ1v) is 5.94. The van der Waals surface area contributed by atoms with Gasteiger partial charge in [0.15, 0.2) is 0 Å². The minimum absolute atomic E-state index is 0.299. The number of nitrogens with two attached hydrogens (primary N) is 1. The summed E-state index contributed by atoms with van der Waals surface area (Å²) in [5.74, 6) is 1.09. The number of hydrogen-bond acceptors (Lipinski definition) is 1. The lowest BCUT2D eigenvalue weighted by Crippen LogP contribution is -2.36. The molecule has 1 rings (SSSR count). The molecule has 0 amide bonds. The average Bonchev–Trinajstić information content (AvgIpc) is 2.63. The summed E-state index contributed by atoms with van der Waals surface area (Å²) in [4.78, 5) is 4.01. The van der Waals surface area contributed by atoms with E-state index in [4.69, 9.17) is 5.41 Å². The Labute approximate surface area is 91.4 Å². The van der Waals surface area contributed by atoms with Gasteiger partial charge in [-0.05, 0) is 16.5 Å². The van der Waals surface area contributed by atoms with Crippen molar-refractivity contribution in [3.63, 3.8) is 0 Å². The molecule has 0 spiro atoms. The van der Waals surface area contributed by atoms with E-state index in [1.807, 2.05) is 0 Å². The molecule has 1 heterocycles. The summed E-state index contributed by atoms with van der Waals surface area (Å²) in [6.07, 6.45) is 10.1. The van der Waals surface area contributed by atoms with Gasteiger partial charge >= 0.3 is 5.96 Å². The molecule has 15 heavy (non-hydrogen) atoms. The SMILES string of the molecule is CCCCCCCCCC1=NC(=[NH2+])N=N1. The molecular formula is C11H21N4+. The second-order valence-electron chi connectivity index (χ2n) is 3.96. The van der Waals surface area contributed by atoms with Gasteiger partial charge in [-0.1, -0.05) is 45.4 Å². The predicted octanol–water partition coefficient (Wildman–Crippen LogP) is 2.11. The zero-order valence-corrected chi connectivity index (χ0v) is 9.58. The van der Waals surface area contributed by atoms with Crippen molar-refractivity contribution in [3.05, 3.63) is 0 Å². The molecular weight excluding hydrogens is 188 g/mol. The largest absolute Gasteiger partial charge is 0.448 e. The average molecular weight is 209 g/mol. The highest BCUT2D eigenvalue weighted by atomic mass is 15.3. The minimum Gasteiger partial charge on any atom is -0.283 e. The van der Waals surface area contributed by atoms with E-state index in [9.17, 15) is 0 Å². The van der Waals surface area contributed by atoms with Crippen LogP contribution in [0.4, 0.5) is 0 Å².